The van der Waals surface area contributed by atoms with Crippen LogP contribution in [0.15, 0.2) is 30.3 Å². The highest BCUT2D eigenvalue weighted by atomic mass is 16.4. The molecule has 5 nitrogen and oxygen atoms in total. The molecule has 1 aromatic rings. The van der Waals surface area contributed by atoms with Gasteiger partial charge in [-0.3, -0.25) is 9.59 Å². The SMILES string of the molecule is CC(=O)O.CCN(CC)C(=O)[C@]1(c2ccccc2)C[C@@H]1CN. The second kappa shape index (κ2) is 7.94. The lowest BCUT2D eigenvalue weighted by molar-refractivity contribution is -0.135. The number of hydrogen-bond donors (Lipinski definition) is 2. The molecule has 22 heavy (non-hydrogen) atoms. The quantitative estimate of drug-likeness (QED) is 0.869. The highest BCUT2D eigenvalue weighted by Gasteiger charge is 2.61. The molecule has 1 aromatic carbocycles. The number of nitrogens with zero attached hydrogens (tertiary/aromatic N) is 1. The molecule has 0 spiro atoms. The fourth-order valence-electron chi connectivity index (χ4n) is 2.88. The summed E-state index contributed by atoms with van der Waals surface area (Å²) in [6, 6.07) is 10.1. The van der Waals surface area contributed by atoms with E-state index in [1.807, 2.05) is 36.9 Å². The third-order valence-corrected chi connectivity index (χ3v) is 4.11. The van der Waals surface area contributed by atoms with E-state index in [4.69, 9.17) is 15.6 Å². The van der Waals surface area contributed by atoms with Gasteiger partial charge in [0.1, 0.15) is 0 Å². The van der Waals surface area contributed by atoms with Crippen LogP contribution in [0.5, 0.6) is 0 Å². The second-order valence-corrected chi connectivity index (χ2v) is 5.47. The van der Waals surface area contributed by atoms with Crippen LogP contribution in [-0.2, 0) is 15.0 Å². The van der Waals surface area contributed by atoms with E-state index in [1.165, 1.54) is 0 Å². The Hall–Kier alpha value is -1.88. The van der Waals surface area contributed by atoms with E-state index in [0.29, 0.717) is 12.5 Å². The van der Waals surface area contributed by atoms with Crippen LogP contribution in [0.4, 0.5) is 0 Å². The normalized spacial score (nSPS) is 22.3. The van der Waals surface area contributed by atoms with Crippen LogP contribution in [0.1, 0.15) is 32.8 Å². The number of nitrogens with two attached hydrogens (primary N) is 1. The average Bonchev–Trinajstić information content (AvgIpc) is 3.24. The van der Waals surface area contributed by atoms with Gasteiger partial charge in [-0.05, 0) is 38.3 Å². The third kappa shape index (κ3) is 3.85. The predicted octanol–water partition coefficient (Wildman–Crippen LogP) is 1.86. The first-order valence-electron chi connectivity index (χ1n) is 7.68. The summed E-state index contributed by atoms with van der Waals surface area (Å²) in [5.74, 6) is -0.290. The number of carbonyl (C=O) groups is 2. The van der Waals surface area contributed by atoms with Gasteiger partial charge in [0.25, 0.3) is 5.97 Å². The van der Waals surface area contributed by atoms with E-state index in [2.05, 4.69) is 12.1 Å². The van der Waals surface area contributed by atoms with E-state index < -0.39 is 5.97 Å². The fourth-order valence-corrected chi connectivity index (χ4v) is 2.88. The van der Waals surface area contributed by atoms with Crippen molar-refractivity contribution in [3.63, 3.8) is 0 Å². The lowest BCUT2D eigenvalue weighted by atomic mass is 9.91. The standard InChI is InChI=1S/C15H22N2O.C2H4O2/c1-3-17(4-2)14(18)15(10-13(15)11-16)12-8-6-5-7-9-12;1-2(3)4/h5-9,13H,3-4,10-11,16H2,1-2H3;1H3,(H,3,4)/t13-,15+;/m1./s1. The van der Waals surface area contributed by atoms with Gasteiger partial charge >= 0.3 is 0 Å². The Morgan fingerprint density at radius 1 is 1.27 bits per heavy atom. The summed E-state index contributed by atoms with van der Waals surface area (Å²) in [6.45, 7) is 7.25. The average molecular weight is 306 g/mol. The summed E-state index contributed by atoms with van der Waals surface area (Å²) >= 11 is 0. The molecule has 1 saturated carbocycles. The van der Waals surface area contributed by atoms with Crippen LogP contribution in [0.2, 0.25) is 0 Å². The predicted molar refractivity (Wildman–Crippen MR) is 86.5 cm³/mol. The van der Waals surface area contributed by atoms with E-state index in [-0.39, 0.29) is 11.3 Å². The summed E-state index contributed by atoms with van der Waals surface area (Å²) < 4.78 is 0. The first-order chi connectivity index (χ1) is 10.4. The van der Waals surface area contributed by atoms with E-state index in [1.54, 1.807) is 0 Å². The number of carboxylic acids is 1. The molecular weight excluding hydrogens is 280 g/mol. The molecule has 1 amide bonds. The minimum Gasteiger partial charge on any atom is -0.481 e. The fraction of sp³-hybridized carbons (Fsp3) is 0.529. The van der Waals surface area contributed by atoms with Gasteiger partial charge in [-0.25, -0.2) is 0 Å². The molecule has 0 saturated heterocycles. The number of carboxylic acid groups (broad SMARTS) is 1. The van der Waals surface area contributed by atoms with Crippen LogP contribution < -0.4 is 5.73 Å². The van der Waals surface area contributed by atoms with Gasteiger partial charge in [0.15, 0.2) is 0 Å². The molecule has 1 aliphatic carbocycles. The van der Waals surface area contributed by atoms with Crippen molar-refractivity contribution in [1.82, 2.24) is 4.90 Å². The van der Waals surface area contributed by atoms with E-state index >= 15 is 0 Å². The Balaban J connectivity index is 0.000000541. The van der Waals surface area contributed by atoms with Crippen molar-refractivity contribution in [2.45, 2.75) is 32.6 Å². The zero-order valence-corrected chi connectivity index (χ0v) is 13.6. The maximum absolute atomic E-state index is 12.7. The van der Waals surface area contributed by atoms with Crippen LogP contribution in [0, 0.1) is 5.92 Å². The molecule has 0 aliphatic heterocycles. The van der Waals surface area contributed by atoms with Gasteiger partial charge in [-0.15, -0.1) is 0 Å². The molecule has 0 unspecified atom stereocenters. The van der Waals surface area contributed by atoms with Crippen LogP contribution in [0.3, 0.4) is 0 Å². The monoisotopic (exact) mass is 306 g/mol. The third-order valence-electron chi connectivity index (χ3n) is 4.11. The summed E-state index contributed by atoms with van der Waals surface area (Å²) in [6.07, 6.45) is 0.892. The minimum atomic E-state index is -0.833. The van der Waals surface area contributed by atoms with Gasteiger partial charge in [0.2, 0.25) is 5.91 Å². The molecule has 5 heteroatoms. The number of likely N-dealkylation sites (N-methyl/N-ethyl adjacent to an activating group) is 1. The molecule has 0 radical (unpaired) electrons. The van der Waals surface area contributed by atoms with Gasteiger partial charge in [-0.2, -0.15) is 0 Å². The van der Waals surface area contributed by atoms with E-state index in [0.717, 1.165) is 32.0 Å². The van der Waals surface area contributed by atoms with Crippen molar-refractivity contribution in [1.29, 1.82) is 0 Å². The lowest BCUT2D eigenvalue weighted by Gasteiger charge is -2.26. The van der Waals surface area contributed by atoms with Crippen LogP contribution in [-0.4, -0.2) is 41.5 Å². The summed E-state index contributed by atoms with van der Waals surface area (Å²) in [5.41, 5.74) is 6.57. The number of amides is 1. The molecule has 0 heterocycles. The number of rotatable bonds is 5. The second-order valence-electron chi connectivity index (χ2n) is 5.47. The molecule has 2 rings (SSSR count). The molecular formula is C17H26N2O3. The summed E-state index contributed by atoms with van der Waals surface area (Å²) in [5, 5.41) is 7.42. The molecule has 0 aromatic heterocycles. The highest BCUT2D eigenvalue weighted by molar-refractivity contribution is 5.92. The minimum absolute atomic E-state index is 0.245. The zero-order valence-electron chi connectivity index (χ0n) is 13.6. The van der Waals surface area contributed by atoms with Crippen molar-refractivity contribution < 1.29 is 14.7 Å². The number of aliphatic carboxylic acids is 1. The molecule has 1 fully saturated rings. The molecule has 1 aliphatic rings. The Morgan fingerprint density at radius 2 is 1.77 bits per heavy atom. The highest BCUT2D eigenvalue weighted by Crippen LogP contribution is 2.54. The number of benzene rings is 1. The zero-order chi connectivity index (χ0) is 16.8. The van der Waals surface area contributed by atoms with Gasteiger partial charge in [-0.1, -0.05) is 30.3 Å². The largest absolute Gasteiger partial charge is 0.481 e. The van der Waals surface area contributed by atoms with Gasteiger partial charge in [0.05, 0.1) is 5.41 Å². The number of carbonyl (C=O) groups excluding carboxylic acids is 1. The van der Waals surface area contributed by atoms with Gasteiger partial charge < -0.3 is 15.7 Å². The van der Waals surface area contributed by atoms with Crippen molar-refractivity contribution in [2.24, 2.45) is 11.7 Å². The van der Waals surface area contributed by atoms with Crippen molar-refractivity contribution >= 4 is 11.9 Å². The first-order valence-corrected chi connectivity index (χ1v) is 7.68. The Morgan fingerprint density at radius 3 is 2.14 bits per heavy atom. The lowest BCUT2D eigenvalue weighted by Crippen LogP contribution is -2.40. The number of hydrogen-bond acceptors (Lipinski definition) is 3. The van der Waals surface area contributed by atoms with Gasteiger partial charge in [0, 0.05) is 20.0 Å². The van der Waals surface area contributed by atoms with Crippen molar-refractivity contribution in [2.75, 3.05) is 19.6 Å². The summed E-state index contributed by atoms with van der Waals surface area (Å²) in [7, 11) is 0. The molecule has 0 bridgehead atoms. The van der Waals surface area contributed by atoms with Crippen molar-refractivity contribution in [3.05, 3.63) is 35.9 Å². The smallest absolute Gasteiger partial charge is 0.300 e. The Kier molecular flexibility index (Phi) is 6.56. The van der Waals surface area contributed by atoms with Crippen molar-refractivity contribution in [3.8, 4) is 0 Å². The maximum Gasteiger partial charge on any atom is 0.300 e. The topological polar surface area (TPSA) is 83.6 Å². The summed E-state index contributed by atoms with van der Waals surface area (Å²) in [4.78, 5) is 23.6. The molecule has 122 valence electrons. The molecule has 3 N–H and O–H groups in total. The van der Waals surface area contributed by atoms with Crippen LogP contribution >= 0.6 is 0 Å². The Labute approximate surface area is 132 Å². The first kappa shape index (κ1) is 18.2. The maximum atomic E-state index is 12.7. The Bertz CT molecular complexity index is 496. The van der Waals surface area contributed by atoms with Crippen LogP contribution in [0.25, 0.3) is 0 Å². The molecule has 2 atom stereocenters. The van der Waals surface area contributed by atoms with E-state index in [9.17, 15) is 4.79 Å².